The van der Waals surface area contributed by atoms with Crippen molar-refractivity contribution in [1.29, 1.82) is 0 Å². The molecule has 4 aliphatic rings. The number of hydrogen-bond acceptors (Lipinski definition) is 11. The summed E-state index contributed by atoms with van der Waals surface area (Å²) < 4.78 is 95.0. The number of nitrogens with zero attached hydrogens (tertiary/aromatic N) is 15. The Morgan fingerprint density at radius 2 is 0.753 bits per heavy atom. The standard InChI is InChI=1S/2C11H12F2N2.4C11H14N2.C11H21N.C10H12N2.C10H11NO.C9H16F2.C9H18O.11CH4/c1-7(2)8-3-4-10-9(5-8)6-14-15(10)11(12)13;1-7(2)8-3-4-9-6-14-15(11(12)13)10(9)5-8;1-8(2)9-4-5-11-10(6-9)7-12-13(11)3;1-8(2)9-4-5-10-7-12-13(3)11(10)6-9;1-8(2)9-5-4-6-11-10(9)7-12-13(11)3;1-8(2)10-6-4-5-9-7-12-13(3)11(9)10;1-9(2)10-5-7-12(8-6-10)11-3-4-11;1-7(2)9-5-3-4-8-6-11-12-10(8)9;1-7(2)8-3-4-10-9(5-8)11-6-12-10;1-7(2)8-3-5-9(10,11)6-4-8;1-8(2)9(3)4-6-10-7-5-9;;;;;;;;;;;/h2*3-7,11H,1-2H3;4*4-8H,1-3H3;9-11H,3-8H2,1-2H3;3-7H,1-2H3,(H,11,12);3-7H,1-2H3;7-8H,3-6H2,1-2H3;8H,4-7H2,1-3H3;11*1H4. The maximum atomic E-state index is 12.6. The zero-order valence-corrected chi connectivity index (χ0v) is 87.9. The maximum Gasteiger partial charge on any atom is 0.333 e. The van der Waals surface area contributed by atoms with Crippen LogP contribution in [0, 0.1) is 35.0 Å². The fourth-order valence-electron chi connectivity index (χ4n) is 17.9. The van der Waals surface area contributed by atoms with Gasteiger partial charge in [-0.05, 0) is 246 Å². The Hall–Kier alpha value is -11.0. The number of oxazole rings is 1. The second-order valence-electron chi connectivity index (χ2n) is 41.9. The molecular weight excluding hydrogens is 1880 g/mol. The summed E-state index contributed by atoms with van der Waals surface area (Å²) in [5, 5.41) is 39.0. The molecule has 8 aromatic heterocycles. The molecule has 0 amide bonds. The minimum atomic E-state index is -2.58. The number of benzene rings is 8. The van der Waals surface area contributed by atoms with Gasteiger partial charge in [0, 0.05) is 98.0 Å². The first-order valence-corrected chi connectivity index (χ1v) is 50.5. The number of ether oxygens (including phenoxy) is 1. The Labute approximate surface area is 903 Å². The monoisotopic (exact) mass is 2090 g/mol. The van der Waals surface area contributed by atoms with Crippen LogP contribution in [0.2, 0.25) is 0 Å². The molecule has 2 aliphatic heterocycles. The van der Waals surface area contributed by atoms with Gasteiger partial charge in [0.15, 0.2) is 12.0 Å². The van der Waals surface area contributed by atoms with Gasteiger partial charge in [0.2, 0.25) is 5.92 Å². The number of piperidine rings is 1. The predicted molar refractivity (Wildman–Crippen MR) is 639 cm³/mol. The number of para-hydroxylation sites is 2. The molecule has 16 aromatic rings. The number of nitrogens with one attached hydrogen (secondary N) is 1. The number of fused-ring (bicyclic) bond motifs is 8. The molecule has 0 atom stereocenters. The average Bonchev–Trinajstić information content (AvgIpc) is 1.67. The molecule has 8 aromatic carbocycles. The second kappa shape index (κ2) is 65.4. The summed E-state index contributed by atoms with van der Waals surface area (Å²) in [6.07, 6.45) is 24.0. The van der Waals surface area contributed by atoms with Crippen LogP contribution in [0.25, 0.3) is 87.4 Å². The lowest BCUT2D eigenvalue weighted by Crippen LogP contribution is -2.36. The van der Waals surface area contributed by atoms with Gasteiger partial charge in [0.1, 0.15) is 5.52 Å². The summed E-state index contributed by atoms with van der Waals surface area (Å²) >= 11 is 0. The highest BCUT2D eigenvalue weighted by Crippen LogP contribution is 2.41. The van der Waals surface area contributed by atoms with E-state index in [1.54, 1.807) is 12.1 Å². The number of rotatable bonds is 14. The molecule has 0 unspecified atom stereocenters. The summed E-state index contributed by atoms with van der Waals surface area (Å²) in [5.74, 6) is 5.59. The van der Waals surface area contributed by atoms with Crippen LogP contribution < -0.4 is 0 Å². The van der Waals surface area contributed by atoms with Crippen molar-refractivity contribution in [3.63, 3.8) is 0 Å². The SMILES string of the molecule is C.C.C.C.C.C.C.C.C.C.C.CC(C)C1(C)CCOCC1.CC(C)C1CCC(F)(F)CC1.CC(C)C1CCN(C2CC2)CC1.CC(C)c1ccc2c(cnn2C(F)F)c1.CC(C)c1ccc2c(cnn2C)c1.CC(C)c1ccc2cnn(C(F)F)c2c1.CC(C)c1ccc2cnn(C)c2c1.CC(C)c1ccc2ocnc2c1.CC(C)c1cccc2c1cnn2C.CC(C)c1cccc2cn[nH]c12.CC(C)c1cccc2cnn(C)c12. The number of likely N-dealkylation sites (tertiary alicyclic amines) is 1. The van der Waals surface area contributed by atoms with Crippen molar-refractivity contribution < 1.29 is 35.5 Å². The van der Waals surface area contributed by atoms with Crippen LogP contribution >= 0.6 is 0 Å². The molecule has 18 nitrogen and oxygen atoms in total. The molecule has 4 fully saturated rings. The van der Waals surface area contributed by atoms with Gasteiger partial charge in [0.25, 0.3) is 0 Å². The first-order chi connectivity index (χ1) is 65.9. The molecule has 20 rings (SSSR count). The summed E-state index contributed by atoms with van der Waals surface area (Å²) in [6, 6.07) is 50.3. The Morgan fingerprint density at radius 1 is 0.353 bits per heavy atom. The van der Waals surface area contributed by atoms with E-state index in [1.165, 1.54) is 158 Å². The topological polar surface area (TPSA) is 174 Å². The number of alkyl halides is 6. The number of H-pyrrole nitrogens is 1. The van der Waals surface area contributed by atoms with Gasteiger partial charge >= 0.3 is 13.1 Å². The lowest BCUT2D eigenvalue weighted by atomic mass is 9.73. The fraction of sp³-hybridized carbons (Fsp3) is 0.556. The largest absolute Gasteiger partial charge is 0.443 e. The van der Waals surface area contributed by atoms with E-state index in [0.717, 1.165) is 79.4 Å². The Balaban J connectivity index is 0. The van der Waals surface area contributed by atoms with E-state index in [9.17, 15) is 26.3 Å². The Morgan fingerprint density at radius 3 is 1.25 bits per heavy atom. The molecular formula is C126H202F6N16O2. The highest BCUT2D eigenvalue weighted by atomic mass is 19.3. The van der Waals surface area contributed by atoms with Gasteiger partial charge in [-0.25, -0.2) is 23.1 Å². The minimum Gasteiger partial charge on any atom is -0.443 e. The van der Waals surface area contributed by atoms with Gasteiger partial charge in [-0.2, -0.15) is 53.3 Å². The number of aromatic amines is 1. The Kier molecular flexibility index (Phi) is 61.5. The third-order valence-electron chi connectivity index (χ3n) is 28.1. The first kappa shape index (κ1) is 141. The fourth-order valence-corrected chi connectivity index (χ4v) is 17.9. The van der Waals surface area contributed by atoms with Crippen molar-refractivity contribution in [3.05, 3.63) is 240 Å². The highest BCUT2D eigenvalue weighted by molar-refractivity contribution is 5.85. The van der Waals surface area contributed by atoms with E-state index in [-0.39, 0.29) is 94.5 Å². The van der Waals surface area contributed by atoms with Crippen LogP contribution in [0.1, 0.15) is 410 Å². The summed E-state index contributed by atoms with van der Waals surface area (Å²) in [7, 11) is 7.92. The Bertz CT molecular complexity index is 6390. The normalized spacial score (nSPS) is 14.0. The van der Waals surface area contributed by atoms with Crippen molar-refractivity contribution >= 4 is 87.4 Å². The van der Waals surface area contributed by atoms with E-state index in [0.29, 0.717) is 88.5 Å². The van der Waals surface area contributed by atoms with Gasteiger partial charge in [0.05, 0.1) is 82.0 Å². The molecule has 0 bridgehead atoms. The molecule has 10 heterocycles. The predicted octanol–water partition coefficient (Wildman–Crippen LogP) is 39.0. The van der Waals surface area contributed by atoms with E-state index in [1.807, 2.05) is 122 Å². The van der Waals surface area contributed by atoms with Gasteiger partial charge in [-0.1, -0.05) is 332 Å². The summed E-state index contributed by atoms with van der Waals surface area (Å²) in [4.78, 5) is 6.80. The molecule has 24 heteroatoms. The molecule has 150 heavy (non-hydrogen) atoms. The zero-order chi connectivity index (χ0) is 101. The van der Waals surface area contributed by atoms with Crippen LogP contribution in [0.15, 0.2) is 200 Å². The number of halogens is 6. The van der Waals surface area contributed by atoms with Crippen molar-refractivity contribution in [1.82, 2.24) is 78.8 Å². The number of aromatic nitrogens is 15. The third-order valence-corrected chi connectivity index (χ3v) is 28.1. The lowest BCUT2D eigenvalue weighted by molar-refractivity contribution is -0.0504. The maximum absolute atomic E-state index is 12.6. The van der Waals surface area contributed by atoms with E-state index in [4.69, 9.17) is 9.15 Å². The summed E-state index contributed by atoms with van der Waals surface area (Å²) in [6.45, 7) is 50.1. The average molecular weight is 2090 g/mol. The van der Waals surface area contributed by atoms with E-state index < -0.39 is 19.0 Å². The minimum absolute atomic E-state index is 0. The third kappa shape index (κ3) is 39.0. The van der Waals surface area contributed by atoms with Crippen LogP contribution in [-0.4, -0.2) is 117 Å². The van der Waals surface area contributed by atoms with Crippen LogP contribution in [0.5, 0.6) is 0 Å². The molecule has 0 spiro atoms. The smallest absolute Gasteiger partial charge is 0.333 e. The zero-order valence-electron chi connectivity index (χ0n) is 87.9. The highest BCUT2D eigenvalue weighted by Gasteiger charge is 2.36. The molecule has 2 saturated heterocycles. The van der Waals surface area contributed by atoms with Crippen molar-refractivity contribution in [3.8, 4) is 0 Å². The number of aryl methyl sites for hydroxylation is 4. The van der Waals surface area contributed by atoms with Crippen molar-refractivity contribution in [2.75, 3.05) is 26.3 Å². The van der Waals surface area contributed by atoms with Crippen molar-refractivity contribution in [2.45, 2.75) is 378 Å². The molecule has 2 aliphatic carbocycles. The van der Waals surface area contributed by atoms with Gasteiger partial charge < -0.3 is 14.1 Å². The van der Waals surface area contributed by atoms with Gasteiger partial charge in [-0.15, -0.1) is 0 Å². The summed E-state index contributed by atoms with van der Waals surface area (Å²) in [5.41, 5.74) is 19.7. The quantitative estimate of drug-likeness (QED) is 0.103. The van der Waals surface area contributed by atoms with Crippen LogP contribution in [-0.2, 0) is 32.9 Å². The van der Waals surface area contributed by atoms with Crippen LogP contribution in [0.3, 0.4) is 0 Å². The van der Waals surface area contributed by atoms with Crippen molar-refractivity contribution in [2.24, 2.45) is 63.2 Å². The number of hydrogen-bond donors (Lipinski definition) is 1. The second-order valence-corrected chi connectivity index (χ2v) is 41.9. The van der Waals surface area contributed by atoms with Gasteiger partial charge in [-0.3, -0.25) is 23.8 Å². The van der Waals surface area contributed by atoms with E-state index >= 15 is 0 Å². The van der Waals surface area contributed by atoms with Crippen LogP contribution in [0.4, 0.5) is 26.3 Å². The molecule has 2 saturated carbocycles. The molecule has 0 radical (unpaired) electrons. The lowest BCUT2D eigenvalue weighted by Gasteiger charge is -2.37. The first-order valence-electron chi connectivity index (χ1n) is 50.5. The van der Waals surface area contributed by atoms with E-state index in [2.05, 4.69) is 299 Å². The molecule has 1 N–H and O–H groups in total. The molecule has 840 valence electrons.